The highest BCUT2D eigenvalue weighted by Crippen LogP contribution is 2.39. The van der Waals surface area contributed by atoms with Crippen LogP contribution in [0.5, 0.6) is 5.75 Å². The number of nitrogens with one attached hydrogen (secondary N) is 1. The van der Waals surface area contributed by atoms with Crippen LogP contribution in [0.1, 0.15) is 30.7 Å². The molecular formula is C27H23F3N4O5. The number of methoxy groups -OCH3 is 1. The van der Waals surface area contributed by atoms with Crippen molar-refractivity contribution >= 4 is 16.7 Å². The lowest BCUT2D eigenvalue weighted by Gasteiger charge is -2.22. The number of oxazole rings is 1. The number of rotatable bonds is 6. The maximum Gasteiger partial charge on any atom is 0.433 e. The molecule has 1 saturated heterocycles. The van der Waals surface area contributed by atoms with Crippen molar-refractivity contribution in [2.24, 2.45) is 0 Å². The molecule has 4 heterocycles. The second kappa shape index (κ2) is 9.86. The van der Waals surface area contributed by atoms with E-state index in [4.69, 9.17) is 18.6 Å². The number of hydrogen-bond donors (Lipinski definition) is 1. The van der Waals surface area contributed by atoms with E-state index in [9.17, 15) is 18.0 Å². The lowest BCUT2D eigenvalue weighted by atomic mass is 10.1. The molecule has 1 aliphatic heterocycles. The molecule has 0 radical (unpaired) electrons. The highest BCUT2D eigenvalue weighted by molar-refractivity contribution is 5.84. The summed E-state index contributed by atoms with van der Waals surface area (Å²) in [5, 5.41) is 2.23. The molecule has 39 heavy (non-hydrogen) atoms. The lowest BCUT2D eigenvalue weighted by molar-refractivity contribution is -0.169. The number of aromatic amines is 1. The van der Waals surface area contributed by atoms with Crippen LogP contribution in [0.15, 0.2) is 57.7 Å². The van der Waals surface area contributed by atoms with Gasteiger partial charge in [0.05, 0.1) is 25.0 Å². The average Bonchev–Trinajstić information content (AvgIpc) is 3.55. The van der Waals surface area contributed by atoms with E-state index < -0.39 is 23.7 Å². The molecule has 5 aromatic rings. The van der Waals surface area contributed by atoms with E-state index in [1.165, 1.54) is 19.2 Å². The predicted octanol–water partition coefficient (Wildman–Crippen LogP) is 5.57. The molecule has 3 aromatic heterocycles. The van der Waals surface area contributed by atoms with E-state index in [1.807, 2.05) is 0 Å². The van der Waals surface area contributed by atoms with Gasteiger partial charge in [0.15, 0.2) is 23.0 Å². The van der Waals surface area contributed by atoms with Gasteiger partial charge in [-0.15, -0.1) is 0 Å². The van der Waals surface area contributed by atoms with Gasteiger partial charge in [0.1, 0.15) is 17.0 Å². The molecule has 1 aliphatic rings. The van der Waals surface area contributed by atoms with Crippen LogP contribution in [-0.4, -0.2) is 39.6 Å². The van der Waals surface area contributed by atoms with Gasteiger partial charge in [-0.25, -0.2) is 9.97 Å². The highest BCUT2D eigenvalue weighted by Gasteiger charge is 2.39. The zero-order chi connectivity index (χ0) is 27.1. The number of fused-ring (bicyclic) bond motifs is 2. The Kier molecular flexibility index (Phi) is 6.35. The van der Waals surface area contributed by atoms with E-state index in [0.29, 0.717) is 29.9 Å². The Hall–Kier alpha value is -4.16. The summed E-state index contributed by atoms with van der Waals surface area (Å²) in [5.41, 5.74) is -1.48. The summed E-state index contributed by atoms with van der Waals surface area (Å²) in [6.45, 7) is 0.324. The summed E-state index contributed by atoms with van der Waals surface area (Å²) in [5.74, 6) is 0.296. The van der Waals surface area contributed by atoms with Gasteiger partial charge < -0.3 is 18.6 Å². The van der Waals surface area contributed by atoms with Gasteiger partial charge in [-0.1, -0.05) is 36.4 Å². The molecule has 1 unspecified atom stereocenters. The average molecular weight is 540 g/mol. The van der Waals surface area contributed by atoms with Gasteiger partial charge in [-0.3, -0.25) is 9.89 Å². The number of para-hydroxylation sites is 1. The highest BCUT2D eigenvalue weighted by atomic mass is 19.4. The Balaban J connectivity index is 1.60. The Morgan fingerprint density at radius 3 is 2.62 bits per heavy atom. The van der Waals surface area contributed by atoms with E-state index in [0.717, 1.165) is 17.4 Å². The number of ether oxygens (including phenoxy) is 3. The Labute approximate surface area is 219 Å². The lowest BCUT2D eigenvalue weighted by Crippen LogP contribution is -2.25. The normalized spacial score (nSPS) is 16.3. The maximum atomic E-state index is 14.2. The molecule has 0 amide bonds. The SMILES string of the molecule is COc1cccc2oc(-c3c(COC4CCCCO4)nc4c(-c5ccccc5)c(C(F)(F)F)[nH]n4c3=O)nc12. The van der Waals surface area contributed by atoms with E-state index >= 15 is 0 Å². The molecule has 1 N–H and O–H groups in total. The third-order valence-corrected chi connectivity index (χ3v) is 6.56. The van der Waals surface area contributed by atoms with E-state index in [2.05, 4.69) is 15.1 Å². The van der Waals surface area contributed by atoms with Gasteiger partial charge in [0.25, 0.3) is 5.56 Å². The fourth-order valence-corrected chi connectivity index (χ4v) is 4.73. The van der Waals surface area contributed by atoms with Gasteiger partial charge in [-0.05, 0) is 37.0 Å². The second-order valence-electron chi connectivity index (χ2n) is 9.06. The molecule has 0 aliphatic carbocycles. The van der Waals surface area contributed by atoms with Crippen molar-refractivity contribution in [1.82, 2.24) is 19.6 Å². The first-order chi connectivity index (χ1) is 18.8. The van der Waals surface area contributed by atoms with Crippen LogP contribution >= 0.6 is 0 Å². The van der Waals surface area contributed by atoms with Crippen molar-refractivity contribution in [3.05, 3.63) is 70.3 Å². The summed E-state index contributed by atoms with van der Waals surface area (Å²) in [6.07, 6.45) is -2.85. The minimum absolute atomic E-state index is 0.0737. The number of hydrogen-bond acceptors (Lipinski definition) is 7. The summed E-state index contributed by atoms with van der Waals surface area (Å²) >= 11 is 0. The molecule has 6 rings (SSSR count). The number of aromatic nitrogens is 4. The summed E-state index contributed by atoms with van der Waals surface area (Å²) < 4.78 is 66.1. The van der Waals surface area contributed by atoms with E-state index in [1.54, 1.807) is 36.4 Å². The van der Waals surface area contributed by atoms with Crippen LogP contribution in [-0.2, 0) is 22.3 Å². The summed E-state index contributed by atoms with van der Waals surface area (Å²) in [4.78, 5) is 22.8. The van der Waals surface area contributed by atoms with Crippen molar-refractivity contribution in [3.63, 3.8) is 0 Å². The van der Waals surface area contributed by atoms with Crippen molar-refractivity contribution in [2.75, 3.05) is 13.7 Å². The van der Waals surface area contributed by atoms with Crippen LogP contribution in [0.3, 0.4) is 0 Å². The molecule has 0 spiro atoms. The molecule has 1 fully saturated rings. The fraction of sp³-hybridized carbons (Fsp3) is 0.296. The monoisotopic (exact) mass is 540 g/mol. The molecular weight excluding hydrogens is 517 g/mol. The number of benzene rings is 2. The third-order valence-electron chi connectivity index (χ3n) is 6.56. The van der Waals surface area contributed by atoms with Gasteiger partial charge in [-0.2, -0.15) is 17.7 Å². The van der Waals surface area contributed by atoms with Crippen LogP contribution < -0.4 is 10.3 Å². The van der Waals surface area contributed by atoms with Gasteiger partial charge >= 0.3 is 6.18 Å². The molecule has 0 saturated carbocycles. The van der Waals surface area contributed by atoms with Crippen LogP contribution in [0.4, 0.5) is 13.2 Å². The fourth-order valence-electron chi connectivity index (χ4n) is 4.73. The van der Waals surface area contributed by atoms with Crippen LogP contribution in [0.2, 0.25) is 0 Å². The molecule has 202 valence electrons. The maximum absolute atomic E-state index is 14.2. The van der Waals surface area contributed by atoms with Crippen molar-refractivity contribution < 1.29 is 31.8 Å². The number of nitrogens with zero attached hydrogens (tertiary/aromatic N) is 3. The molecule has 12 heteroatoms. The minimum atomic E-state index is -4.79. The third kappa shape index (κ3) is 4.55. The van der Waals surface area contributed by atoms with Crippen molar-refractivity contribution in [3.8, 4) is 28.3 Å². The quantitative estimate of drug-likeness (QED) is 0.300. The number of halogens is 3. The van der Waals surface area contributed by atoms with Crippen molar-refractivity contribution in [1.29, 1.82) is 0 Å². The number of alkyl halides is 3. The Morgan fingerprint density at radius 1 is 1.08 bits per heavy atom. The van der Waals surface area contributed by atoms with Gasteiger partial charge in [0, 0.05) is 6.61 Å². The minimum Gasteiger partial charge on any atom is -0.494 e. The van der Waals surface area contributed by atoms with Gasteiger partial charge in [0.2, 0.25) is 5.89 Å². The summed E-state index contributed by atoms with van der Waals surface area (Å²) in [7, 11) is 1.47. The van der Waals surface area contributed by atoms with Crippen molar-refractivity contribution in [2.45, 2.75) is 38.3 Å². The first-order valence-corrected chi connectivity index (χ1v) is 12.3. The Bertz CT molecular complexity index is 1700. The summed E-state index contributed by atoms with van der Waals surface area (Å²) in [6, 6.07) is 13.0. The zero-order valence-electron chi connectivity index (χ0n) is 20.7. The Morgan fingerprint density at radius 2 is 1.90 bits per heavy atom. The van der Waals surface area contributed by atoms with Crippen LogP contribution in [0, 0.1) is 0 Å². The number of H-pyrrole nitrogens is 1. The molecule has 0 bridgehead atoms. The predicted molar refractivity (Wildman–Crippen MR) is 134 cm³/mol. The first-order valence-electron chi connectivity index (χ1n) is 12.3. The van der Waals surface area contributed by atoms with Crippen LogP contribution in [0.25, 0.3) is 39.3 Å². The standard InChI is InChI=1S/C27H23F3N4O5/c1-36-17-10-7-11-18-22(17)32-25(39-18)21-16(14-38-19-12-5-6-13-37-19)31-24-20(15-8-3-2-4-9-15)23(27(28,29)30)33-34(24)26(21)35/h2-4,7-11,19,33H,5-6,12-14H2,1H3. The largest absolute Gasteiger partial charge is 0.494 e. The molecule has 1 atom stereocenters. The van der Waals surface area contributed by atoms with E-state index in [-0.39, 0.29) is 40.5 Å². The molecule has 2 aromatic carbocycles. The topological polar surface area (TPSA) is 104 Å². The second-order valence-corrected chi connectivity index (χ2v) is 9.06. The first kappa shape index (κ1) is 25.1. The zero-order valence-corrected chi connectivity index (χ0v) is 20.7. The smallest absolute Gasteiger partial charge is 0.433 e. The molecule has 9 nitrogen and oxygen atoms in total.